The number of aromatic nitrogens is 2. The highest BCUT2D eigenvalue weighted by atomic mass is 35.5. The van der Waals surface area contributed by atoms with Gasteiger partial charge in [-0.15, -0.1) is 0 Å². The van der Waals surface area contributed by atoms with E-state index in [2.05, 4.69) is 11.2 Å². The van der Waals surface area contributed by atoms with Crippen molar-refractivity contribution < 1.29 is 0 Å². The molecule has 0 amide bonds. The minimum absolute atomic E-state index is 0.491. The van der Waals surface area contributed by atoms with Crippen LogP contribution in [0.3, 0.4) is 0 Å². The van der Waals surface area contributed by atoms with Crippen molar-refractivity contribution in [3.63, 3.8) is 0 Å². The second kappa shape index (κ2) is 4.60. The van der Waals surface area contributed by atoms with Crippen molar-refractivity contribution in [3.05, 3.63) is 34.9 Å². The molecule has 0 radical (unpaired) electrons. The lowest BCUT2D eigenvalue weighted by atomic mass is 10.1. The summed E-state index contributed by atoms with van der Waals surface area (Å²) in [4.78, 5) is 0. The van der Waals surface area contributed by atoms with Crippen LogP contribution >= 0.6 is 11.6 Å². The number of nitriles is 1. The number of halogens is 1. The van der Waals surface area contributed by atoms with Gasteiger partial charge in [-0.1, -0.05) is 23.7 Å². The Labute approximate surface area is 116 Å². The lowest BCUT2D eigenvalue weighted by molar-refractivity contribution is 0.572. The average Bonchev–Trinajstić information content (AvgIpc) is 3.21. The molecule has 1 aliphatic rings. The van der Waals surface area contributed by atoms with Gasteiger partial charge >= 0.3 is 0 Å². The molecule has 0 bridgehead atoms. The van der Waals surface area contributed by atoms with Crippen molar-refractivity contribution in [2.75, 3.05) is 5.73 Å². The monoisotopic (exact) mass is 272 g/mol. The Morgan fingerprint density at radius 1 is 1.37 bits per heavy atom. The molecule has 3 rings (SSSR count). The number of anilines is 1. The normalized spacial score (nSPS) is 14.3. The predicted molar refractivity (Wildman–Crippen MR) is 74.5 cm³/mol. The second-order valence-electron chi connectivity index (χ2n) is 4.86. The molecule has 1 aliphatic carbocycles. The molecule has 0 aliphatic heterocycles. The standard InChI is InChI=1S/C14H13ClN4/c15-12-13(11-5-3-9(7-16)4-6-11)18-19(14(12)17)8-10-1-2-10/h3-6,10H,1-2,8,17H2. The molecule has 1 fully saturated rings. The second-order valence-corrected chi connectivity index (χ2v) is 5.24. The molecule has 1 aromatic carbocycles. The van der Waals surface area contributed by atoms with Gasteiger partial charge in [-0.05, 0) is 30.9 Å². The maximum Gasteiger partial charge on any atom is 0.141 e. The number of nitrogen functional groups attached to an aromatic ring is 1. The minimum Gasteiger partial charge on any atom is -0.383 e. The summed E-state index contributed by atoms with van der Waals surface area (Å²) in [6.45, 7) is 0.835. The molecule has 1 aromatic heterocycles. The quantitative estimate of drug-likeness (QED) is 0.934. The van der Waals surface area contributed by atoms with E-state index < -0.39 is 0 Å². The van der Waals surface area contributed by atoms with Gasteiger partial charge in [0.1, 0.15) is 16.5 Å². The SMILES string of the molecule is N#Cc1ccc(-c2nn(CC3CC3)c(N)c2Cl)cc1. The Morgan fingerprint density at radius 2 is 2.05 bits per heavy atom. The van der Waals surface area contributed by atoms with E-state index in [4.69, 9.17) is 22.6 Å². The average molecular weight is 273 g/mol. The van der Waals surface area contributed by atoms with E-state index in [1.165, 1.54) is 12.8 Å². The van der Waals surface area contributed by atoms with Gasteiger partial charge < -0.3 is 5.73 Å². The highest BCUT2D eigenvalue weighted by Gasteiger charge is 2.25. The highest BCUT2D eigenvalue weighted by Crippen LogP contribution is 2.36. The van der Waals surface area contributed by atoms with E-state index >= 15 is 0 Å². The van der Waals surface area contributed by atoms with Crippen LogP contribution in [0.1, 0.15) is 18.4 Å². The van der Waals surface area contributed by atoms with Crippen LogP contribution in [0.4, 0.5) is 5.82 Å². The molecule has 2 aromatic rings. The van der Waals surface area contributed by atoms with Crippen molar-refractivity contribution in [2.45, 2.75) is 19.4 Å². The molecule has 5 heteroatoms. The molecule has 0 unspecified atom stereocenters. The largest absolute Gasteiger partial charge is 0.383 e. The number of rotatable bonds is 3. The summed E-state index contributed by atoms with van der Waals surface area (Å²) in [5, 5.41) is 13.8. The van der Waals surface area contributed by atoms with E-state index in [9.17, 15) is 0 Å². The third kappa shape index (κ3) is 2.29. The fourth-order valence-electron chi connectivity index (χ4n) is 2.02. The fraction of sp³-hybridized carbons (Fsp3) is 0.286. The van der Waals surface area contributed by atoms with Crippen molar-refractivity contribution in [3.8, 4) is 17.3 Å². The smallest absolute Gasteiger partial charge is 0.141 e. The molecule has 1 saturated carbocycles. The number of hydrogen-bond acceptors (Lipinski definition) is 3. The molecular formula is C14H13ClN4. The van der Waals surface area contributed by atoms with E-state index in [0.717, 1.165) is 12.1 Å². The maximum atomic E-state index is 8.79. The first-order valence-corrected chi connectivity index (χ1v) is 6.59. The summed E-state index contributed by atoms with van der Waals surface area (Å²) >= 11 is 6.25. The van der Waals surface area contributed by atoms with Crippen LogP contribution in [-0.2, 0) is 6.54 Å². The zero-order valence-corrected chi connectivity index (χ0v) is 11.1. The summed E-state index contributed by atoms with van der Waals surface area (Å²) < 4.78 is 1.79. The Morgan fingerprint density at radius 3 is 2.63 bits per heavy atom. The van der Waals surface area contributed by atoms with E-state index in [1.54, 1.807) is 16.8 Å². The van der Waals surface area contributed by atoms with Gasteiger partial charge in [0.2, 0.25) is 0 Å². The van der Waals surface area contributed by atoms with E-state index in [1.807, 2.05) is 12.1 Å². The Kier molecular flexibility index (Phi) is 2.92. The van der Waals surface area contributed by atoms with Crippen LogP contribution in [0.15, 0.2) is 24.3 Å². The van der Waals surface area contributed by atoms with Crippen molar-refractivity contribution in [2.24, 2.45) is 5.92 Å². The first-order valence-electron chi connectivity index (χ1n) is 6.21. The summed E-state index contributed by atoms with van der Waals surface area (Å²) in [6, 6.07) is 9.27. The molecular weight excluding hydrogens is 260 g/mol. The molecule has 1 heterocycles. The van der Waals surface area contributed by atoms with Crippen LogP contribution in [-0.4, -0.2) is 9.78 Å². The molecule has 0 saturated heterocycles. The number of hydrogen-bond donors (Lipinski definition) is 1. The molecule has 0 atom stereocenters. The van der Waals surface area contributed by atoms with Gasteiger partial charge in [0.15, 0.2) is 0 Å². The van der Waals surface area contributed by atoms with Crippen LogP contribution in [0.2, 0.25) is 5.02 Å². The van der Waals surface area contributed by atoms with Gasteiger partial charge in [0, 0.05) is 12.1 Å². The Hall–Kier alpha value is -1.99. The van der Waals surface area contributed by atoms with Crippen molar-refractivity contribution >= 4 is 17.4 Å². The molecule has 4 nitrogen and oxygen atoms in total. The summed E-state index contributed by atoms with van der Waals surface area (Å²) in [5.74, 6) is 1.21. The summed E-state index contributed by atoms with van der Waals surface area (Å²) in [5.41, 5.74) is 8.17. The lowest BCUT2D eigenvalue weighted by Crippen LogP contribution is -2.05. The lowest BCUT2D eigenvalue weighted by Gasteiger charge is -2.00. The van der Waals surface area contributed by atoms with Crippen LogP contribution < -0.4 is 5.73 Å². The zero-order valence-electron chi connectivity index (χ0n) is 10.3. The van der Waals surface area contributed by atoms with Gasteiger partial charge in [0.25, 0.3) is 0 Å². The van der Waals surface area contributed by atoms with Crippen LogP contribution in [0, 0.1) is 17.2 Å². The number of nitrogens with two attached hydrogens (primary N) is 1. The van der Waals surface area contributed by atoms with Crippen molar-refractivity contribution in [1.82, 2.24) is 9.78 Å². The fourth-order valence-corrected chi connectivity index (χ4v) is 2.27. The minimum atomic E-state index is 0.491. The highest BCUT2D eigenvalue weighted by molar-refractivity contribution is 6.35. The molecule has 0 spiro atoms. The summed E-state index contributed by atoms with van der Waals surface area (Å²) in [6.07, 6.45) is 2.48. The van der Waals surface area contributed by atoms with Gasteiger partial charge in [-0.3, -0.25) is 0 Å². The maximum absolute atomic E-state index is 8.79. The Balaban J connectivity index is 1.96. The summed E-state index contributed by atoms with van der Waals surface area (Å²) in [7, 11) is 0. The Bertz CT molecular complexity index is 647. The molecule has 96 valence electrons. The zero-order chi connectivity index (χ0) is 13.4. The van der Waals surface area contributed by atoms with Crippen LogP contribution in [0.25, 0.3) is 11.3 Å². The van der Waals surface area contributed by atoms with E-state index in [-0.39, 0.29) is 0 Å². The molecule has 2 N–H and O–H groups in total. The number of nitrogens with zero attached hydrogens (tertiary/aromatic N) is 3. The van der Waals surface area contributed by atoms with Gasteiger partial charge in [-0.25, -0.2) is 4.68 Å². The molecule has 19 heavy (non-hydrogen) atoms. The third-order valence-corrected chi connectivity index (χ3v) is 3.72. The third-order valence-electron chi connectivity index (χ3n) is 3.35. The van der Waals surface area contributed by atoms with Crippen LogP contribution in [0.5, 0.6) is 0 Å². The predicted octanol–water partition coefficient (Wildman–Crippen LogP) is 3.07. The topological polar surface area (TPSA) is 67.6 Å². The van der Waals surface area contributed by atoms with Crippen molar-refractivity contribution in [1.29, 1.82) is 5.26 Å². The van der Waals surface area contributed by atoms with Gasteiger partial charge in [-0.2, -0.15) is 10.4 Å². The van der Waals surface area contributed by atoms with E-state index in [0.29, 0.717) is 28.0 Å². The first kappa shape index (κ1) is 12.1. The first-order chi connectivity index (χ1) is 9.19. The van der Waals surface area contributed by atoms with Gasteiger partial charge in [0.05, 0.1) is 11.6 Å². The number of benzene rings is 1.